The molecule has 1 aliphatic carbocycles. The fraction of sp³-hybridized carbons (Fsp3) is 0.462. The highest BCUT2D eigenvalue weighted by molar-refractivity contribution is 6.30. The second kappa shape index (κ2) is 9.14. The molecule has 1 saturated carbocycles. The molecule has 1 aromatic heterocycles. The summed E-state index contributed by atoms with van der Waals surface area (Å²) in [4.78, 5) is 27.7. The molecule has 5 nitrogen and oxygen atoms in total. The summed E-state index contributed by atoms with van der Waals surface area (Å²) >= 11 is 6.00. The second-order valence-electron chi connectivity index (χ2n) is 9.50. The van der Waals surface area contributed by atoms with Gasteiger partial charge >= 0.3 is 6.03 Å². The minimum atomic E-state index is 0.0541. The summed E-state index contributed by atoms with van der Waals surface area (Å²) in [5.41, 5.74) is 3.23. The SMILES string of the molecule is O=C(NC1CCCCC1)N1C[C@@H]2C[C@@H](C1)c1c(C=Cc3ccc(Cl)cc3)ccc(=O)n1C2. The van der Waals surface area contributed by atoms with Gasteiger partial charge in [0.2, 0.25) is 0 Å². The number of amides is 2. The zero-order valence-electron chi connectivity index (χ0n) is 18.3. The zero-order valence-corrected chi connectivity index (χ0v) is 19.1. The molecule has 2 fully saturated rings. The molecule has 2 atom stereocenters. The Labute approximate surface area is 194 Å². The van der Waals surface area contributed by atoms with Crippen LogP contribution in [0.4, 0.5) is 4.79 Å². The molecule has 3 heterocycles. The van der Waals surface area contributed by atoms with Crippen molar-refractivity contribution in [2.24, 2.45) is 5.92 Å². The van der Waals surface area contributed by atoms with Gasteiger partial charge in [-0.1, -0.05) is 55.1 Å². The van der Waals surface area contributed by atoms with Crippen molar-refractivity contribution in [2.75, 3.05) is 13.1 Å². The summed E-state index contributed by atoms with van der Waals surface area (Å²) in [6.07, 6.45) is 11.0. The van der Waals surface area contributed by atoms with Gasteiger partial charge in [0.15, 0.2) is 0 Å². The molecule has 32 heavy (non-hydrogen) atoms. The van der Waals surface area contributed by atoms with Crippen LogP contribution in [0, 0.1) is 5.92 Å². The third kappa shape index (κ3) is 4.49. The van der Waals surface area contributed by atoms with Crippen molar-refractivity contribution in [3.63, 3.8) is 0 Å². The maximum Gasteiger partial charge on any atom is 0.317 e. The minimum Gasteiger partial charge on any atom is -0.335 e. The van der Waals surface area contributed by atoms with Crippen LogP contribution in [-0.2, 0) is 6.54 Å². The molecule has 2 aliphatic heterocycles. The number of carbonyl (C=O) groups is 1. The van der Waals surface area contributed by atoms with Crippen molar-refractivity contribution < 1.29 is 4.79 Å². The first-order valence-electron chi connectivity index (χ1n) is 11.8. The minimum absolute atomic E-state index is 0.0541. The fourth-order valence-electron chi connectivity index (χ4n) is 5.63. The Hall–Kier alpha value is -2.53. The molecule has 0 spiro atoms. The van der Waals surface area contributed by atoms with Crippen LogP contribution in [-0.4, -0.2) is 34.6 Å². The van der Waals surface area contributed by atoms with Crippen LogP contribution in [0.2, 0.25) is 5.02 Å². The number of nitrogens with zero attached hydrogens (tertiary/aromatic N) is 2. The van der Waals surface area contributed by atoms with E-state index >= 15 is 0 Å². The van der Waals surface area contributed by atoms with E-state index in [4.69, 9.17) is 11.6 Å². The van der Waals surface area contributed by atoms with Gasteiger partial charge in [-0.2, -0.15) is 0 Å². The Balaban J connectivity index is 1.38. The highest BCUT2D eigenvalue weighted by Gasteiger charge is 2.37. The molecule has 1 saturated heterocycles. The molecule has 1 N–H and O–H groups in total. The van der Waals surface area contributed by atoms with E-state index < -0.39 is 0 Å². The van der Waals surface area contributed by atoms with E-state index in [1.165, 1.54) is 19.3 Å². The summed E-state index contributed by atoms with van der Waals surface area (Å²) in [5, 5.41) is 3.99. The van der Waals surface area contributed by atoms with E-state index in [1.807, 2.05) is 39.8 Å². The highest BCUT2D eigenvalue weighted by Crippen LogP contribution is 2.37. The van der Waals surface area contributed by atoms with Gasteiger partial charge < -0.3 is 14.8 Å². The predicted molar refractivity (Wildman–Crippen MR) is 129 cm³/mol. The van der Waals surface area contributed by atoms with Crippen molar-refractivity contribution in [3.05, 3.63) is 68.6 Å². The predicted octanol–water partition coefficient (Wildman–Crippen LogP) is 5.13. The summed E-state index contributed by atoms with van der Waals surface area (Å²) < 4.78 is 1.94. The van der Waals surface area contributed by atoms with Crippen LogP contribution in [0.15, 0.2) is 41.2 Å². The number of hydrogen-bond acceptors (Lipinski definition) is 2. The molecule has 1 aromatic carbocycles. The molecule has 0 unspecified atom stereocenters. The first-order valence-corrected chi connectivity index (χ1v) is 12.2. The number of urea groups is 1. The monoisotopic (exact) mass is 451 g/mol. The Bertz CT molecular complexity index is 1070. The van der Waals surface area contributed by atoms with Gasteiger partial charge in [0, 0.05) is 48.4 Å². The molecule has 6 heteroatoms. The molecule has 2 amide bonds. The fourth-order valence-corrected chi connectivity index (χ4v) is 5.75. The van der Waals surface area contributed by atoms with E-state index in [0.29, 0.717) is 30.1 Å². The summed E-state index contributed by atoms with van der Waals surface area (Å²) in [6, 6.07) is 11.7. The highest BCUT2D eigenvalue weighted by atomic mass is 35.5. The second-order valence-corrected chi connectivity index (χ2v) is 9.93. The van der Waals surface area contributed by atoms with Crippen molar-refractivity contribution in [1.29, 1.82) is 0 Å². The average Bonchev–Trinajstić information content (AvgIpc) is 2.80. The molecule has 168 valence electrons. The number of halogens is 1. The number of rotatable bonds is 3. The third-order valence-electron chi connectivity index (χ3n) is 7.17. The van der Waals surface area contributed by atoms with Crippen LogP contribution in [0.3, 0.4) is 0 Å². The van der Waals surface area contributed by atoms with Crippen LogP contribution in [0.25, 0.3) is 12.2 Å². The summed E-state index contributed by atoms with van der Waals surface area (Å²) in [7, 11) is 0. The number of fused-ring (bicyclic) bond motifs is 4. The molecule has 3 aliphatic rings. The van der Waals surface area contributed by atoms with Gasteiger partial charge in [-0.05, 0) is 54.5 Å². The van der Waals surface area contributed by atoms with Crippen molar-refractivity contribution in [2.45, 2.75) is 57.0 Å². The van der Waals surface area contributed by atoms with Gasteiger partial charge in [-0.3, -0.25) is 4.79 Å². The normalized spacial score (nSPS) is 23.2. The Morgan fingerprint density at radius 2 is 1.75 bits per heavy atom. The number of hydrogen-bond donors (Lipinski definition) is 1. The quantitative estimate of drug-likeness (QED) is 0.703. The average molecular weight is 452 g/mol. The van der Waals surface area contributed by atoms with Gasteiger partial charge in [0.25, 0.3) is 5.56 Å². The Morgan fingerprint density at radius 3 is 2.53 bits per heavy atom. The van der Waals surface area contributed by atoms with Crippen molar-refractivity contribution in [1.82, 2.24) is 14.8 Å². The van der Waals surface area contributed by atoms with Crippen molar-refractivity contribution in [3.8, 4) is 0 Å². The number of nitrogens with one attached hydrogen (secondary N) is 1. The number of carbonyl (C=O) groups excluding carboxylic acids is 1. The maximum atomic E-state index is 13.0. The van der Waals surface area contributed by atoms with E-state index in [9.17, 15) is 9.59 Å². The third-order valence-corrected chi connectivity index (χ3v) is 7.42. The standard InChI is InChI=1S/C26H30ClN3O2/c27-22-11-7-18(8-12-22)6-9-20-10-13-24(31)30-16-19-14-21(25(20)30)17-29(15-19)26(32)28-23-4-2-1-3-5-23/h6-13,19,21,23H,1-5,14-17H2,(H,28,32)/t19-,21-/m0/s1. The largest absolute Gasteiger partial charge is 0.335 e. The Morgan fingerprint density at radius 1 is 0.969 bits per heavy atom. The number of pyridine rings is 1. The molecule has 5 rings (SSSR count). The lowest BCUT2D eigenvalue weighted by molar-refractivity contribution is 0.127. The maximum absolute atomic E-state index is 13.0. The number of piperidine rings is 1. The van der Waals surface area contributed by atoms with E-state index in [1.54, 1.807) is 6.07 Å². The van der Waals surface area contributed by atoms with Gasteiger partial charge in [-0.15, -0.1) is 0 Å². The van der Waals surface area contributed by atoms with E-state index in [2.05, 4.69) is 17.5 Å². The molecule has 2 aromatic rings. The van der Waals surface area contributed by atoms with Gasteiger partial charge in [0.05, 0.1) is 0 Å². The lowest BCUT2D eigenvalue weighted by Gasteiger charge is -2.43. The van der Waals surface area contributed by atoms with Gasteiger partial charge in [-0.25, -0.2) is 4.79 Å². The first-order chi connectivity index (χ1) is 15.6. The van der Waals surface area contributed by atoms with Crippen LogP contribution in [0.1, 0.15) is 61.3 Å². The summed E-state index contributed by atoms with van der Waals surface area (Å²) in [5.74, 6) is 0.505. The first kappa shape index (κ1) is 21.3. The molecular formula is C26H30ClN3O2. The van der Waals surface area contributed by atoms with Gasteiger partial charge in [0.1, 0.15) is 0 Å². The lowest BCUT2D eigenvalue weighted by Crippen LogP contribution is -2.53. The Kier molecular flexibility index (Phi) is 6.09. The lowest BCUT2D eigenvalue weighted by atomic mass is 9.81. The zero-order chi connectivity index (χ0) is 22.1. The smallest absolute Gasteiger partial charge is 0.317 e. The number of aromatic nitrogens is 1. The number of likely N-dealkylation sites (tertiary alicyclic amines) is 1. The van der Waals surface area contributed by atoms with Crippen LogP contribution in [0.5, 0.6) is 0 Å². The van der Waals surface area contributed by atoms with Crippen LogP contribution >= 0.6 is 11.6 Å². The van der Waals surface area contributed by atoms with Crippen LogP contribution < -0.4 is 10.9 Å². The van der Waals surface area contributed by atoms with E-state index in [0.717, 1.165) is 42.6 Å². The summed E-state index contributed by atoms with van der Waals surface area (Å²) in [6.45, 7) is 2.08. The topological polar surface area (TPSA) is 54.3 Å². The number of benzene rings is 1. The van der Waals surface area contributed by atoms with Crippen molar-refractivity contribution >= 4 is 29.8 Å². The van der Waals surface area contributed by atoms with E-state index in [-0.39, 0.29) is 17.5 Å². The molecule has 0 radical (unpaired) electrons. The molecular weight excluding hydrogens is 422 g/mol. The molecule has 2 bridgehead atoms.